The number of pyridine rings is 1. The third-order valence-corrected chi connectivity index (χ3v) is 4.06. The van der Waals surface area contributed by atoms with Gasteiger partial charge >= 0.3 is 0 Å². The second-order valence-electron chi connectivity index (χ2n) is 4.93. The lowest BCUT2D eigenvalue weighted by atomic mass is 9.94. The summed E-state index contributed by atoms with van der Waals surface area (Å²) in [5, 5.41) is 3.59. The Bertz CT molecular complexity index is 348. The van der Waals surface area contributed by atoms with Gasteiger partial charge in [-0.05, 0) is 46.4 Å². The van der Waals surface area contributed by atoms with Crippen molar-refractivity contribution < 1.29 is 0 Å². The minimum Gasteiger partial charge on any atom is -0.310 e. The first-order valence-electron chi connectivity index (χ1n) is 6.63. The van der Waals surface area contributed by atoms with Crippen LogP contribution in [0, 0.1) is 5.92 Å². The molecule has 0 radical (unpaired) electrons. The smallest absolute Gasteiger partial charge is 0.0410 e. The van der Waals surface area contributed by atoms with E-state index < -0.39 is 0 Å². The van der Waals surface area contributed by atoms with Gasteiger partial charge in [-0.3, -0.25) is 4.98 Å². The molecule has 1 aromatic rings. The summed E-state index contributed by atoms with van der Waals surface area (Å²) < 4.78 is 1.07. The predicted molar refractivity (Wildman–Crippen MR) is 74.9 cm³/mol. The first-order valence-corrected chi connectivity index (χ1v) is 7.42. The van der Waals surface area contributed by atoms with Crippen LogP contribution in [0.5, 0.6) is 0 Å². The summed E-state index contributed by atoms with van der Waals surface area (Å²) in [5.41, 5.74) is 1.31. The van der Waals surface area contributed by atoms with E-state index in [9.17, 15) is 0 Å². The molecule has 1 N–H and O–H groups in total. The molecule has 1 heterocycles. The quantitative estimate of drug-likeness (QED) is 0.886. The monoisotopic (exact) mass is 296 g/mol. The normalized spacial score (nSPS) is 18.5. The Morgan fingerprint density at radius 3 is 2.82 bits per heavy atom. The van der Waals surface area contributed by atoms with Crippen LogP contribution in [0.4, 0.5) is 0 Å². The lowest BCUT2D eigenvalue weighted by Gasteiger charge is -2.21. The van der Waals surface area contributed by atoms with Gasteiger partial charge in [-0.15, -0.1) is 0 Å². The van der Waals surface area contributed by atoms with Gasteiger partial charge in [-0.1, -0.05) is 32.6 Å². The Hall–Kier alpha value is -0.410. The SMILES string of the molecule is CCNC(CC1CCCC1)c1cncc(Br)c1. The van der Waals surface area contributed by atoms with E-state index in [2.05, 4.69) is 39.2 Å². The van der Waals surface area contributed by atoms with E-state index in [1.807, 2.05) is 12.4 Å². The molecular formula is C14H21BrN2. The maximum Gasteiger partial charge on any atom is 0.0410 e. The number of rotatable bonds is 5. The van der Waals surface area contributed by atoms with Gasteiger partial charge in [0.1, 0.15) is 0 Å². The van der Waals surface area contributed by atoms with Crippen molar-refractivity contribution in [3.8, 4) is 0 Å². The topological polar surface area (TPSA) is 24.9 Å². The van der Waals surface area contributed by atoms with E-state index in [-0.39, 0.29) is 0 Å². The summed E-state index contributed by atoms with van der Waals surface area (Å²) in [6, 6.07) is 2.66. The zero-order valence-electron chi connectivity index (χ0n) is 10.5. The van der Waals surface area contributed by atoms with Crippen LogP contribution in [0.2, 0.25) is 0 Å². The number of hydrogen-bond acceptors (Lipinski definition) is 2. The fourth-order valence-electron chi connectivity index (χ4n) is 2.78. The predicted octanol–water partition coefficient (Wildman–Crippen LogP) is 4.08. The highest BCUT2D eigenvalue weighted by molar-refractivity contribution is 9.10. The zero-order chi connectivity index (χ0) is 12.1. The zero-order valence-corrected chi connectivity index (χ0v) is 12.0. The molecule has 0 spiro atoms. The summed E-state index contributed by atoms with van der Waals surface area (Å²) in [4.78, 5) is 4.28. The standard InChI is InChI=1S/C14H21BrN2/c1-2-17-14(7-11-5-3-4-6-11)12-8-13(15)10-16-9-12/h8-11,14,17H,2-7H2,1H3. The third kappa shape index (κ3) is 3.78. The summed E-state index contributed by atoms with van der Waals surface area (Å²) in [6.07, 6.45) is 10.7. The van der Waals surface area contributed by atoms with Crippen LogP contribution in [-0.2, 0) is 0 Å². The van der Waals surface area contributed by atoms with Crippen molar-refractivity contribution in [2.45, 2.75) is 45.1 Å². The first kappa shape index (κ1) is 13.0. The lowest BCUT2D eigenvalue weighted by molar-refractivity contribution is 0.400. The van der Waals surface area contributed by atoms with Gasteiger partial charge in [0.15, 0.2) is 0 Å². The molecule has 0 amide bonds. The van der Waals surface area contributed by atoms with Crippen molar-refractivity contribution >= 4 is 15.9 Å². The fourth-order valence-corrected chi connectivity index (χ4v) is 3.16. The molecule has 1 aromatic heterocycles. The second kappa shape index (κ2) is 6.50. The van der Waals surface area contributed by atoms with Crippen molar-refractivity contribution in [2.24, 2.45) is 5.92 Å². The number of nitrogens with zero attached hydrogens (tertiary/aromatic N) is 1. The summed E-state index contributed by atoms with van der Waals surface area (Å²) in [5.74, 6) is 0.901. The lowest BCUT2D eigenvalue weighted by Crippen LogP contribution is -2.23. The fraction of sp³-hybridized carbons (Fsp3) is 0.643. The summed E-state index contributed by atoms with van der Waals surface area (Å²) in [6.45, 7) is 3.19. The van der Waals surface area contributed by atoms with E-state index >= 15 is 0 Å². The van der Waals surface area contributed by atoms with Crippen LogP contribution < -0.4 is 5.32 Å². The molecule has 2 rings (SSSR count). The van der Waals surface area contributed by atoms with Gasteiger partial charge < -0.3 is 5.32 Å². The van der Waals surface area contributed by atoms with Crippen molar-refractivity contribution in [2.75, 3.05) is 6.54 Å². The minimum absolute atomic E-state index is 0.466. The Morgan fingerprint density at radius 1 is 1.41 bits per heavy atom. The maximum atomic E-state index is 4.28. The number of hydrogen-bond donors (Lipinski definition) is 1. The molecule has 1 unspecified atom stereocenters. The molecule has 1 atom stereocenters. The molecule has 0 aliphatic heterocycles. The van der Waals surface area contributed by atoms with Gasteiger partial charge in [-0.25, -0.2) is 0 Å². The van der Waals surface area contributed by atoms with Crippen LogP contribution in [0.3, 0.4) is 0 Å². The first-order chi connectivity index (χ1) is 8.29. The number of nitrogens with one attached hydrogen (secondary N) is 1. The van der Waals surface area contributed by atoms with Gasteiger partial charge in [-0.2, -0.15) is 0 Å². The van der Waals surface area contributed by atoms with Gasteiger partial charge in [0, 0.05) is 22.9 Å². The molecule has 1 aliphatic carbocycles. The van der Waals surface area contributed by atoms with Crippen LogP contribution in [-0.4, -0.2) is 11.5 Å². The third-order valence-electron chi connectivity index (χ3n) is 3.62. The Labute approximate surface area is 112 Å². The van der Waals surface area contributed by atoms with Crippen molar-refractivity contribution in [3.63, 3.8) is 0 Å². The van der Waals surface area contributed by atoms with Gasteiger partial charge in [0.05, 0.1) is 0 Å². The second-order valence-corrected chi connectivity index (χ2v) is 5.85. The molecule has 0 saturated heterocycles. The van der Waals surface area contributed by atoms with E-state index in [1.54, 1.807) is 0 Å². The van der Waals surface area contributed by atoms with Gasteiger partial charge in [0.2, 0.25) is 0 Å². The largest absolute Gasteiger partial charge is 0.310 e. The highest BCUT2D eigenvalue weighted by atomic mass is 79.9. The van der Waals surface area contributed by atoms with Crippen LogP contribution in [0.1, 0.15) is 50.6 Å². The highest BCUT2D eigenvalue weighted by Crippen LogP contribution is 2.33. The van der Waals surface area contributed by atoms with E-state index in [0.29, 0.717) is 6.04 Å². The van der Waals surface area contributed by atoms with Gasteiger partial charge in [0.25, 0.3) is 0 Å². The van der Waals surface area contributed by atoms with Crippen molar-refractivity contribution in [1.29, 1.82) is 0 Å². The molecule has 94 valence electrons. The molecular weight excluding hydrogens is 276 g/mol. The van der Waals surface area contributed by atoms with Crippen LogP contribution >= 0.6 is 15.9 Å². The van der Waals surface area contributed by atoms with E-state index in [4.69, 9.17) is 0 Å². The van der Waals surface area contributed by atoms with Crippen LogP contribution in [0.15, 0.2) is 22.9 Å². The molecule has 3 heteroatoms. The number of aromatic nitrogens is 1. The van der Waals surface area contributed by atoms with Crippen LogP contribution in [0.25, 0.3) is 0 Å². The average molecular weight is 297 g/mol. The van der Waals surface area contributed by atoms with Crippen molar-refractivity contribution in [3.05, 3.63) is 28.5 Å². The Balaban J connectivity index is 2.04. The Kier molecular flexibility index (Phi) is 4.99. The van der Waals surface area contributed by atoms with E-state index in [0.717, 1.165) is 16.9 Å². The summed E-state index contributed by atoms with van der Waals surface area (Å²) in [7, 11) is 0. The highest BCUT2D eigenvalue weighted by Gasteiger charge is 2.21. The molecule has 2 nitrogen and oxygen atoms in total. The number of halogens is 1. The molecule has 17 heavy (non-hydrogen) atoms. The Morgan fingerprint density at radius 2 is 2.18 bits per heavy atom. The molecule has 1 fully saturated rings. The van der Waals surface area contributed by atoms with Crippen molar-refractivity contribution in [1.82, 2.24) is 10.3 Å². The molecule has 0 aromatic carbocycles. The average Bonchev–Trinajstić information content (AvgIpc) is 2.81. The minimum atomic E-state index is 0.466. The molecule has 1 saturated carbocycles. The molecule has 1 aliphatic rings. The van der Waals surface area contributed by atoms with E-state index in [1.165, 1.54) is 37.7 Å². The molecule has 0 bridgehead atoms. The summed E-state index contributed by atoms with van der Waals surface area (Å²) >= 11 is 3.50. The maximum absolute atomic E-state index is 4.28.